The number of esters is 1. The monoisotopic (exact) mass is 309 g/mol. The molecule has 1 aromatic carbocycles. The lowest BCUT2D eigenvalue weighted by Crippen LogP contribution is -2.21. The number of methoxy groups -OCH3 is 1. The van der Waals surface area contributed by atoms with Crippen molar-refractivity contribution in [1.29, 1.82) is 0 Å². The van der Waals surface area contributed by atoms with Crippen LogP contribution in [-0.4, -0.2) is 27.8 Å². The summed E-state index contributed by atoms with van der Waals surface area (Å²) in [6, 6.07) is 5.01. The molecule has 0 unspecified atom stereocenters. The quantitative estimate of drug-likeness (QED) is 0.484. The Morgan fingerprint density at radius 3 is 2.76 bits per heavy atom. The van der Waals surface area contributed by atoms with E-state index in [2.05, 4.69) is 9.84 Å². The molecule has 0 saturated carbocycles. The molecule has 0 N–H and O–H groups in total. The summed E-state index contributed by atoms with van der Waals surface area (Å²) in [5.74, 6) is -0.925. The number of nitrogens with zero attached hydrogens (tertiary/aromatic N) is 3. The molecule has 21 heavy (non-hydrogen) atoms. The Morgan fingerprint density at radius 2 is 2.14 bits per heavy atom. The molecule has 0 fully saturated rings. The summed E-state index contributed by atoms with van der Waals surface area (Å²) in [5.41, 5.74) is -1.36. The molecule has 2 aromatic rings. The molecular weight excluding hydrogens is 302 g/mol. The summed E-state index contributed by atoms with van der Waals surface area (Å²) >= 11 is 5.72. The van der Waals surface area contributed by atoms with Crippen molar-refractivity contribution in [2.75, 3.05) is 7.11 Å². The van der Waals surface area contributed by atoms with Gasteiger partial charge in [0.2, 0.25) is 11.1 Å². The molecule has 0 aliphatic carbocycles. The van der Waals surface area contributed by atoms with Crippen LogP contribution >= 0.6 is 11.6 Å². The predicted molar refractivity (Wildman–Crippen MR) is 72.8 cm³/mol. The first-order valence-electron chi connectivity index (χ1n) is 5.56. The van der Waals surface area contributed by atoms with Crippen LogP contribution in [-0.2, 0) is 4.74 Å². The molecule has 108 valence electrons. The fourth-order valence-electron chi connectivity index (χ4n) is 1.62. The molecule has 0 spiro atoms. The van der Waals surface area contributed by atoms with E-state index in [9.17, 15) is 19.7 Å². The molecule has 0 aliphatic heterocycles. The summed E-state index contributed by atoms with van der Waals surface area (Å²) in [7, 11) is 1.10. The largest absolute Gasteiger partial charge is 0.464 e. The van der Waals surface area contributed by atoms with Gasteiger partial charge in [-0.05, 0) is 12.1 Å². The van der Waals surface area contributed by atoms with Crippen LogP contribution in [0.4, 0.5) is 5.69 Å². The maximum Gasteiger partial charge on any atom is 0.362 e. The fourth-order valence-corrected chi connectivity index (χ4v) is 1.78. The highest BCUT2D eigenvalue weighted by atomic mass is 35.5. The minimum atomic E-state index is -0.925. The molecule has 1 heterocycles. The number of halogens is 1. The van der Waals surface area contributed by atoms with E-state index in [4.69, 9.17) is 11.6 Å². The second-order valence-corrected chi connectivity index (χ2v) is 4.29. The summed E-state index contributed by atoms with van der Waals surface area (Å²) in [4.78, 5) is 33.4. The number of ether oxygens (including phenoxy) is 1. The fraction of sp³-hybridized carbons (Fsp3) is 0.0833. The van der Waals surface area contributed by atoms with Crippen LogP contribution in [0.25, 0.3) is 5.69 Å². The van der Waals surface area contributed by atoms with E-state index in [0.29, 0.717) is 0 Å². The van der Waals surface area contributed by atoms with Crippen LogP contribution in [0.3, 0.4) is 0 Å². The predicted octanol–water partition coefficient (Wildman–Crippen LogP) is 1.58. The molecule has 0 saturated heterocycles. The van der Waals surface area contributed by atoms with Crippen LogP contribution in [0, 0.1) is 10.1 Å². The molecule has 1 aromatic heterocycles. The molecular formula is C12H8ClN3O5. The summed E-state index contributed by atoms with van der Waals surface area (Å²) in [6.45, 7) is 0. The van der Waals surface area contributed by atoms with Gasteiger partial charge < -0.3 is 4.74 Å². The van der Waals surface area contributed by atoms with Crippen molar-refractivity contribution in [3.63, 3.8) is 0 Å². The lowest BCUT2D eigenvalue weighted by molar-refractivity contribution is -0.384. The third kappa shape index (κ3) is 2.90. The molecule has 8 nitrogen and oxygen atoms in total. The number of carbonyl (C=O) groups is 1. The van der Waals surface area contributed by atoms with Crippen LogP contribution in [0.2, 0.25) is 5.02 Å². The number of nitro groups is 1. The van der Waals surface area contributed by atoms with Crippen molar-refractivity contribution in [1.82, 2.24) is 9.78 Å². The molecule has 0 radical (unpaired) electrons. The second kappa shape index (κ2) is 5.71. The number of aromatic nitrogens is 2. The Bertz CT molecular complexity index is 787. The van der Waals surface area contributed by atoms with E-state index in [1.807, 2.05) is 0 Å². The number of nitro benzene ring substituents is 1. The van der Waals surface area contributed by atoms with Gasteiger partial charge in [-0.2, -0.15) is 5.10 Å². The number of hydrogen-bond acceptors (Lipinski definition) is 6. The van der Waals surface area contributed by atoms with Crippen LogP contribution in [0.5, 0.6) is 0 Å². The first kappa shape index (κ1) is 14.7. The summed E-state index contributed by atoms with van der Waals surface area (Å²) in [6.07, 6.45) is 1.21. The first-order chi connectivity index (χ1) is 9.93. The van der Waals surface area contributed by atoms with Gasteiger partial charge in [-0.3, -0.25) is 14.9 Å². The number of carbonyl (C=O) groups excluding carboxylic acids is 1. The Balaban J connectivity index is 2.65. The van der Waals surface area contributed by atoms with Gasteiger partial charge in [-0.25, -0.2) is 9.48 Å². The summed E-state index contributed by atoms with van der Waals surface area (Å²) in [5, 5.41) is 15.0. The van der Waals surface area contributed by atoms with Crippen molar-refractivity contribution in [3.05, 3.63) is 61.5 Å². The van der Waals surface area contributed by atoms with Gasteiger partial charge in [0.15, 0.2) is 0 Å². The topological polar surface area (TPSA) is 104 Å². The van der Waals surface area contributed by atoms with Gasteiger partial charge in [0, 0.05) is 23.4 Å². The van der Waals surface area contributed by atoms with Gasteiger partial charge in [-0.1, -0.05) is 11.6 Å². The SMILES string of the molecule is COC(=O)c1nn(-c2ccc(Cl)cc2[N+](=O)[O-])ccc1=O. The summed E-state index contributed by atoms with van der Waals surface area (Å²) < 4.78 is 5.48. The van der Waals surface area contributed by atoms with E-state index in [1.54, 1.807) is 0 Å². The average Bonchev–Trinajstić information content (AvgIpc) is 2.47. The number of benzene rings is 1. The highest BCUT2D eigenvalue weighted by Gasteiger charge is 2.19. The molecule has 0 bridgehead atoms. The number of rotatable bonds is 3. The molecule has 0 amide bonds. The Morgan fingerprint density at radius 1 is 1.43 bits per heavy atom. The Labute approximate surface area is 122 Å². The van der Waals surface area contributed by atoms with Gasteiger partial charge in [-0.15, -0.1) is 0 Å². The second-order valence-electron chi connectivity index (χ2n) is 3.85. The highest BCUT2D eigenvalue weighted by molar-refractivity contribution is 6.30. The maximum atomic E-state index is 11.5. The minimum Gasteiger partial charge on any atom is -0.464 e. The van der Waals surface area contributed by atoms with Crippen molar-refractivity contribution in [2.45, 2.75) is 0 Å². The molecule has 0 aliphatic rings. The molecule has 9 heteroatoms. The minimum absolute atomic E-state index is 0.0644. The third-order valence-electron chi connectivity index (χ3n) is 2.57. The molecule has 2 rings (SSSR count). The van der Waals surface area contributed by atoms with Crippen molar-refractivity contribution < 1.29 is 14.5 Å². The lowest BCUT2D eigenvalue weighted by Gasteiger charge is -2.07. The zero-order chi connectivity index (χ0) is 15.6. The van der Waals surface area contributed by atoms with Gasteiger partial charge >= 0.3 is 5.97 Å². The van der Waals surface area contributed by atoms with E-state index >= 15 is 0 Å². The smallest absolute Gasteiger partial charge is 0.362 e. The zero-order valence-corrected chi connectivity index (χ0v) is 11.4. The average molecular weight is 310 g/mol. The Hall–Kier alpha value is -2.74. The standard InChI is InChI=1S/C12H8ClN3O5/c1-21-12(18)11-10(17)4-5-15(14-11)8-3-2-7(13)6-9(8)16(19)20/h2-6H,1H3. The third-order valence-corrected chi connectivity index (χ3v) is 2.80. The van der Waals surface area contributed by atoms with Gasteiger partial charge in [0.1, 0.15) is 5.69 Å². The van der Waals surface area contributed by atoms with E-state index in [1.165, 1.54) is 18.3 Å². The van der Waals surface area contributed by atoms with Crippen LogP contribution < -0.4 is 5.43 Å². The lowest BCUT2D eigenvalue weighted by atomic mass is 10.2. The van der Waals surface area contributed by atoms with Crippen LogP contribution in [0.1, 0.15) is 10.5 Å². The molecule has 0 atom stereocenters. The number of hydrogen-bond donors (Lipinski definition) is 0. The van der Waals surface area contributed by atoms with Gasteiger partial charge in [0.05, 0.1) is 12.0 Å². The Kier molecular flexibility index (Phi) is 3.99. The zero-order valence-electron chi connectivity index (χ0n) is 10.6. The van der Waals surface area contributed by atoms with Crippen molar-refractivity contribution >= 4 is 23.3 Å². The van der Waals surface area contributed by atoms with Crippen LogP contribution in [0.15, 0.2) is 35.3 Å². The first-order valence-corrected chi connectivity index (χ1v) is 5.94. The van der Waals surface area contributed by atoms with Crippen molar-refractivity contribution in [2.24, 2.45) is 0 Å². The maximum absolute atomic E-state index is 11.5. The highest BCUT2D eigenvalue weighted by Crippen LogP contribution is 2.25. The van der Waals surface area contributed by atoms with Crippen molar-refractivity contribution in [3.8, 4) is 5.69 Å². The van der Waals surface area contributed by atoms with Gasteiger partial charge in [0.25, 0.3) is 5.69 Å². The van der Waals surface area contributed by atoms with E-state index < -0.39 is 22.0 Å². The van der Waals surface area contributed by atoms with E-state index in [-0.39, 0.29) is 16.4 Å². The normalized spacial score (nSPS) is 10.2. The van der Waals surface area contributed by atoms with E-state index in [0.717, 1.165) is 23.9 Å².